The average molecular weight is 387 g/mol. The van der Waals surface area contributed by atoms with Crippen molar-refractivity contribution in [3.63, 3.8) is 0 Å². The van der Waals surface area contributed by atoms with Gasteiger partial charge in [0.2, 0.25) is 12.4 Å². The Kier molecular flexibility index (Phi) is 3.29. The molecule has 0 radical (unpaired) electrons. The first-order chi connectivity index (χ1) is 13.3. The van der Waals surface area contributed by atoms with E-state index in [4.69, 9.17) is 11.5 Å². The zero-order valence-corrected chi connectivity index (χ0v) is 14.8. The van der Waals surface area contributed by atoms with Gasteiger partial charge in [0.15, 0.2) is 11.6 Å². The van der Waals surface area contributed by atoms with Gasteiger partial charge in [-0.25, -0.2) is 22.7 Å². The Hall–Kier alpha value is -3.17. The lowest BCUT2D eigenvalue weighted by atomic mass is 9.93. The molecule has 0 aromatic carbocycles. The highest BCUT2D eigenvalue weighted by Crippen LogP contribution is 2.62. The molecule has 2 aliphatic rings. The molecule has 7 nitrogen and oxygen atoms in total. The second-order valence-electron chi connectivity index (χ2n) is 7.26. The van der Waals surface area contributed by atoms with Crippen molar-refractivity contribution in [1.29, 1.82) is 0 Å². The number of pyridine rings is 1. The quantitative estimate of drug-likeness (QED) is 0.718. The lowest BCUT2D eigenvalue weighted by molar-refractivity contribution is 0.128. The van der Waals surface area contributed by atoms with Gasteiger partial charge in [0.1, 0.15) is 5.52 Å². The molecular formula is C18H16F3N7. The molecule has 10 heteroatoms. The number of aliphatic imine (C=N–C) groups is 1. The average Bonchev–Trinajstić information content (AvgIpc) is 3.11. The number of alkyl halides is 2. The lowest BCUT2D eigenvalue weighted by Crippen LogP contribution is -2.19. The SMILES string of the molecule is CC1=Nc2ccc(-c3c(F)cn4nc(N)nc(N)c34)nc2C12CC2CC(F)F. The fraction of sp³-hybridized carbons (Fsp3) is 0.333. The Balaban J connectivity index is 1.66. The Morgan fingerprint density at radius 2 is 2.07 bits per heavy atom. The maximum Gasteiger partial charge on any atom is 0.240 e. The molecule has 3 aromatic rings. The van der Waals surface area contributed by atoms with Crippen molar-refractivity contribution in [2.45, 2.75) is 31.6 Å². The summed E-state index contributed by atoms with van der Waals surface area (Å²) in [5, 5.41) is 3.94. The first kappa shape index (κ1) is 17.0. The van der Waals surface area contributed by atoms with Crippen LogP contribution in [0.15, 0.2) is 23.3 Å². The van der Waals surface area contributed by atoms with E-state index in [1.807, 2.05) is 6.92 Å². The van der Waals surface area contributed by atoms with Crippen LogP contribution in [0, 0.1) is 11.7 Å². The summed E-state index contributed by atoms with van der Waals surface area (Å²) in [5.41, 5.74) is 13.7. The van der Waals surface area contributed by atoms with Crippen LogP contribution in [0.3, 0.4) is 0 Å². The molecule has 1 saturated carbocycles. The van der Waals surface area contributed by atoms with Gasteiger partial charge in [-0.05, 0) is 31.4 Å². The highest BCUT2D eigenvalue weighted by Gasteiger charge is 2.62. The number of anilines is 2. The fourth-order valence-electron chi connectivity index (χ4n) is 4.36. The van der Waals surface area contributed by atoms with Crippen LogP contribution < -0.4 is 11.5 Å². The number of hydrogen-bond donors (Lipinski definition) is 2. The Morgan fingerprint density at radius 3 is 2.82 bits per heavy atom. The Labute approximate surface area is 157 Å². The van der Waals surface area contributed by atoms with Crippen LogP contribution in [-0.4, -0.2) is 31.7 Å². The molecule has 5 rings (SSSR count). The molecule has 1 aliphatic carbocycles. The molecule has 0 saturated heterocycles. The maximum absolute atomic E-state index is 14.7. The van der Waals surface area contributed by atoms with Crippen LogP contribution in [0.25, 0.3) is 16.8 Å². The van der Waals surface area contributed by atoms with E-state index in [1.165, 1.54) is 4.52 Å². The van der Waals surface area contributed by atoms with Crippen LogP contribution >= 0.6 is 0 Å². The Morgan fingerprint density at radius 1 is 1.29 bits per heavy atom. The van der Waals surface area contributed by atoms with Gasteiger partial charge < -0.3 is 11.5 Å². The van der Waals surface area contributed by atoms with E-state index in [2.05, 4.69) is 20.1 Å². The van der Waals surface area contributed by atoms with Crippen LogP contribution in [0.2, 0.25) is 0 Å². The fourth-order valence-corrected chi connectivity index (χ4v) is 4.36. The van der Waals surface area contributed by atoms with E-state index in [0.29, 0.717) is 23.5 Å². The standard InChI is InChI=1S/C18H16F3N7/c1-7-18(5-8(18)4-12(20)21)15-11(24-7)3-2-10(25-15)13-9(19)6-28-14(13)16(22)26-17(23)27-28/h2-3,6,8,12H,4-5H2,1H3,(H4,22,23,26,27). The molecular weight excluding hydrogens is 371 g/mol. The molecule has 2 atom stereocenters. The summed E-state index contributed by atoms with van der Waals surface area (Å²) in [6.07, 6.45) is -0.874. The topological polar surface area (TPSA) is 107 Å². The van der Waals surface area contributed by atoms with Crippen LogP contribution in [0.4, 0.5) is 30.6 Å². The van der Waals surface area contributed by atoms with Gasteiger partial charge >= 0.3 is 0 Å². The number of fused-ring (bicyclic) bond motifs is 3. The van der Waals surface area contributed by atoms with Crippen molar-refractivity contribution in [3.05, 3.63) is 29.8 Å². The second-order valence-corrected chi connectivity index (χ2v) is 7.26. The smallest absolute Gasteiger partial charge is 0.240 e. The van der Waals surface area contributed by atoms with Crippen molar-refractivity contribution in [2.75, 3.05) is 11.5 Å². The van der Waals surface area contributed by atoms with E-state index < -0.39 is 17.7 Å². The molecule has 144 valence electrons. The van der Waals surface area contributed by atoms with Gasteiger partial charge in [-0.3, -0.25) is 4.99 Å². The first-order valence-corrected chi connectivity index (χ1v) is 8.77. The molecule has 4 N–H and O–H groups in total. The minimum Gasteiger partial charge on any atom is -0.382 e. The highest BCUT2D eigenvalue weighted by atomic mass is 19.3. The van der Waals surface area contributed by atoms with E-state index in [0.717, 1.165) is 11.9 Å². The third-order valence-corrected chi connectivity index (χ3v) is 5.68. The molecule has 1 aliphatic heterocycles. The molecule has 3 aromatic heterocycles. The summed E-state index contributed by atoms with van der Waals surface area (Å²) >= 11 is 0. The minimum atomic E-state index is -2.39. The van der Waals surface area contributed by atoms with Gasteiger partial charge in [-0.2, -0.15) is 4.98 Å². The third kappa shape index (κ3) is 2.17. The van der Waals surface area contributed by atoms with Crippen molar-refractivity contribution in [1.82, 2.24) is 19.6 Å². The minimum absolute atomic E-state index is 0.0258. The summed E-state index contributed by atoms with van der Waals surface area (Å²) < 4.78 is 41.8. The molecule has 2 unspecified atom stereocenters. The third-order valence-electron chi connectivity index (χ3n) is 5.68. The predicted molar refractivity (Wildman–Crippen MR) is 98.2 cm³/mol. The number of hydrogen-bond acceptors (Lipinski definition) is 6. The lowest BCUT2D eigenvalue weighted by Gasteiger charge is -2.13. The van der Waals surface area contributed by atoms with Gasteiger partial charge in [0, 0.05) is 12.1 Å². The second kappa shape index (κ2) is 5.43. The van der Waals surface area contributed by atoms with E-state index in [-0.39, 0.29) is 35.2 Å². The molecule has 28 heavy (non-hydrogen) atoms. The van der Waals surface area contributed by atoms with E-state index in [9.17, 15) is 13.2 Å². The van der Waals surface area contributed by atoms with Gasteiger partial charge in [-0.1, -0.05) is 0 Å². The highest BCUT2D eigenvalue weighted by molar-refractivity contribution is 6.03. The van der Waals surface area contributed by atoms with Crippen LogP contribution in [0.1, 0.15) is 25.5 Å². The number of nitrogens with two attached hydrogens (primary N) is 2. The predicted octanol–water partition coefficient (Wildman–Crippen LogP) is 3.11. The number of nitrogen functional groups attached to an aromatic ring is 2. The number of aromatic nitrogens is 4. The first-order valence-electron chi connectivity index (χ1n) is 8.77. The van der Waals surface area contributed by atoms with E-state index in [1.54, 1.807) is 12.1 Å². The summed E-state index contributed by atoms with van der Waals surface area (Å²) in [7, 11) is 0. The maximum atomic E-state index is 14.7. The molecule has 1 fully saturated rings. The van der Waals surface area contributed by atoms with Crippen molar-refractivity contribution in [3.8, 4) is 11.3 Å². The molecule has 0 amide bonds. The zero-order valence-electron chi connectivity index (χ0n) is 14.8. The van der Waals surface area contributed by atoms with E-state index >= 15 is 0 Å². The summed E-state index contributed by atoms with van der Waals surface area (Å²) in [6, 6.07) is 3.36. The monoisotopic (exact) mass is 387 g/mol. The Bertz CT molecular complexity index is 1170. The van der Waals surface area contributed by atoms with Crippen molar-refractivity contribution >= 4 is 28.7 Å². The largest absolute Gasteiger partial charge is 0.382 e. The van der Waals surface area contributed by atoms with Gasteiger partial charge in [-0.15, -0.1) is 5.10 Å². The zero-order chi connectivity index (χ0) is 19.8. The van der Waals surface area contributed by atoms with Crippen molar-refractivity contribution < 1.29 is 13.2 Å². The summed E-state index contributed by atoms with van der Waals surface area (Å²) in [5.74, 6) is -0.852. The van der Waals surface area contributed by atoms with Crippen LogP contribution in [-0.2, 0) is 5.41 Å². The molecule has 1 spiro atoms. The summed E-state index contributed by atoms with van der Waals surface area (Å²) in [6.45, 7) is 1.83. The normalized spacial score (nSPS) is 22.9. The number of rotatable bonds is 3. The van der Waals surface area contributed by atoms with Crippen molar-refractivity contribution in [2.24, 2.45) is 10.9 Å². The van der Waals surface area contributed by atoms with Crippen LogP contribution in [0.5, 0.6) is 0 Å². The number of nitrogens with zero attached hydrogens (tertiary/aromatic N) is 5. The molecule has 4 heterocycles. The van der Waals surface area contributed by atoms with Gasteiger partial charge in [0.25, 0.3) is 0 Å². The molecule has 0 bridgehead atoms. The number of halogens is 3. The van der Waals surface area contributed by atoms with Gasteiger partial charge in [0.05, 0.1) is 34.3 Å². The summed E-state index contributed by atoms with van der Waals surface area (Å²) in [4.78, 5) is 13.0.